The van der Waals surface area contributed by atoms with Crippen molar-refractivity contribution in [3.05, 3.63) is 28.8 Å². The largest absolute Gasteiger partial charge is 0.465 e. The lowest BCUT2D eigenvalue weighted by Crippen LogP contribution is -2.01. The summed E-state index contributed by atoms with van der Waals surface area (Å²) in [5, 5.41) is 12.2. The molecule has 1 unspecified atom stereocenters. The minimum absolute atomic E-state index is 0.398. The van der Waals surface area contributed by atoms with E-state index < -0.39 is 12.1 Å². The lowest BCUT2D eigenvalue weighted by Gasteiger charge is -2.03. The molecule has 4 nitrogen and oxygen atoms in total. The van der Waals surface area contributed by atoms with E-state index in [9.17, 15) is 9.90 Å². The Balaban J connectivity index is 2.58. The summed E-state index contributed by atoms with van der Waals surface area (Å²) in [6.07, 6.45) is 0.916. The number of ether oxygens (including phenoxy) is 1. The Hall–Kier alpha value is -1.46. The van der Waals surface area contributed by atoms with Crippen LogP contribution in [0.3, 0.4) is 0 Å². The van der Waals surface area contributed by atoms with Crippen LogP contribution < -0.4 is 0 Å². The van der Waals surface area contributed by atoms with Crippen molar-refractivity contribution in [2.24, 2.45) is 0 Å². The van der Waals surface area contributed by atoms with E-state index in [2.05, 4.69) is 9.72 Å². The van der Waals surface area contributed by atoms with Gasteiger partial charge < -0.3 is 9.84 Å². The second kappa shape index (κ2) is 4.19. The Morgan fingerprint density at radius 2 is 2.38 bits per heavy atom. The summed E-state index contributed by atoms with van der Waals surface area (Å²) in [5.41, 5.74) is 1.19. The number of carbonyl (C=O) groups excluding carboxylic acids is 1. The van der Waals surface area contributed by atoms with Gasteiger partial charge in [0.05, 0.1) is 18.8 Å². The molecule has 0 aliphatic carbocycles. The number of carbonyl (C=O) groups is 1. The molecule has 0 fully saturated rings. The van der Waals surface area contributed by atoms with Crippen molar-refractivity contribution >= 4 is 27.5 Å². The van der Waals surface area contributed by atoms with Gasteiger partial charge in [0, 0.05) is 17.1 Å². The van der Waals surface area contributed by atoms with E-state index in [1.165, 1.54) is 24.6 Å². The quantitative estimate of drug-likeness (QED) is 0.813. The van der Waals surface area contributed by atoms with Crippen LogP contribution in [0.4, 0.5) is 0 Å². The number of thiophene rings is 1. The van der Waals surface area contributed by atoms with Crippen LogP contribution in [0.15, 0.2) is 17.6 Å². The molecule has 16 heavy (non-hydrogen) atoms. The second-order valence-electron chi connectivity index (χ2n) is 3.44. The molecule has 0 saturated carbocycles. The monoisotopic (exact) mass is 237 g/mol. The standard InChI is InChI=1S/C11H11NO3S/c1-6(13)9-5-16-10-8(9)3-7(4-12-10)11(14)15-2/h3-6,13H,1-2H3. The van der Waals surface area contributed by atoms with Crippen molar-refractivity contribution in [2.75, 3.05) is 7.11 Å². The highest BCUT2D eigenvalue weighted by atomic mass is 32.1. The Morgan fingerprint density at radius 3 is 3.00 bits per heavy atom. The average Bonchev–Trinajstić information content (AvgIpc) is 2.70. The van der Waals surface area contributed by atoms with Crippen molar-refractivity contribution in [3.8, 4) is 0 Å². The molecule has 0 aromatic carbocycles. The van der Waals surface area contributed by atoms with Crippen molar-refractivity contribution < 1.29 is 14.6 Å². The molecule has 0 aliphatic rings. The van der Waals surface area contributed by atoms with Gasteiger partial charge in [0.2, 0.25) is 0 Å². The minimum atomic E-state index is -0.566. The van der Waals surface area contributed by atoms with Gasteiger partial charge in [0.1, 0.15) is 4.83 Å². The first kappa shape index (κ1) is 11.0. The molecule has 2 rings (SSSR count). The maximum atomic E-state index is 11.3. The van der Waals surface area contributed by atoms with E-state index in [-0.39, 0.29) is 0 Å². The predicted molar refractivity (Wildman–Crippen MR) is 61.6 cm³/mol. The van der Waals surface area contributed by atoms with Gasteiger partial charge in [-0.05, 0) is 18.4 Å². The van der Waals surface area contributed by atoms with Crippen LogP contribution in [0.1, 0.15) is 28.9 Å². The molecule has 1 N–H and O–H groups in total. The summed E-state index contributed by atoms with van der Waals surface area (Å²) in [4.78, 5) is 16.3. The lowest BCUT2D eigenvalue weighted by atomic mass is 10.1. The van der Waals surface area contributed by atoms with Gasteiger partial charge in [-0.2, -0.15) is 0 Å². The Kier molecular flexibility index (Phi) is 2.89. The molecule has 0 amide bonds. The highest BCUT2D eigenvalue weighted by Crippen LogP contribution is 2.29. The maximum Gasteiger partial charge on any atom is 0.339 e. The number of aliphatic hydroxyl groups is 1. The first-order chi connectivity index (χ1) is 7.63. The molecule has 2 aromatic heterocycles. The summed E-state index contributed by atoms with van der Waals surface area (Å²) in [6.45, 7) is 1.69. The van der Waals surface area contributed by atoms with Crippen molar-refractivity contribution in [1.29, 1.82) is 0 Å². The number of pyridine rings is 1. The second-order valence-corrected chi connectivity index (χ2v) is 4.29. The van der Waals surface area contributed by atoms with Crippen LogP contribution in [0.5, 0.6) is 0 Å². The number of aromatic nitrogens is 1. The van der Waals surface area contributed by atoms with E-state index in [0.29, 0.717) is 5.56 Å². The van der Waals surface area contributed by atoms with Gasteiger partial charge in [0.25, 0.3) is 0 Å². The van der Waals surface area contributed by atoms with Crippen LogP contribution in [0.2, 0.25) is 0 Å². The third-order valence-electron chi connectivity index (χ3n) is 2.33. The number of aliphatic hydroxyl groups excluding tert-OH is 1. The number of nitrogens with zero attached hydrogens (tertiary/aromatic N) is 1. The Labute approximate surface area is 96.5 Å². The predicted octanol–water partition coefficient (Wildman–Crippen LogP) is 2.14. The molecular weight excluding hydrogens is 226 g/mol. The third kappa shape index (κ3) is 1.79. The zero-order chi connectivity index (χ0) is 11.7. The molecular formula is C11H11NO3S. The maximum absolute atomic E-state index is 11.3. The normalized spacial score (nSPS) is 12.7. The van der Waals surface area contributed by atoms with Gasteiger partial charge >= 0.3 is 5.97 Å². The van der Waals surface area contributed by atoms with Gasteiger partial charge in [-0.3, -0.25) is 0 Å². The summed E-state index contributed by atoms with van der Waals surface area (Å²) in [6, 6.07) is 1.70. The number of rotatable bonds is 2. The SMILES string of the molecule is COC(=O)c1cnc2scc(C(C)O)c2c1. The fourth-order valence-electron chi connectivity index (χ4n) is 1.49. The molecule has 84 valence electrons. The van der Waals surface area contributed by atoms with Crippen molar-refractivity contribution in [2.45, 2.75) is 13.0 Å². The highest BCUT2D eigenvalue weighted by molar-refractivity contribution is 7.16. The number of fused-ring (bicyclic) bond motifs is 1. The first-order valence-electron chi connectivity index (χ1n) is 4.77. The van der Waals surface area contributed by atoms with Crippen LogP contribution in [0.25, 0.3) is 10.2 Å². The number of hydrogen-bond acceptors (Lipinski definition) is 5. The number of methoxy groups -OCH3 is 1. The third-order valence-corrected chi connectivity index (χ3v) is 3.25. The van der Waals surface area contributed by atoms with E-state index >= 15 is 0 Å². The fourth-order valence-corrected chi connectivity index (χ4v) is 2.47. The topological polar surface area (TPSA) is 59.4 Å². The smallest absolute Gasteiger partial charge is 0.339 e. The Morgan fingerprint density at radius 1 is 1.62 bits per heavy atom. The van der Waals surface area contributed by atoms with Crippen molar-refractivity contribution in [3.63, 3.8) is 0 Å². The van der Waals surface area contributed by atoms with Gasteiger partial charge in [-0.15, -0.1) is 11.3 Å². The van der Waals surface area contributed by atoms with Crippen LogP contribution >= 0.6 is 11.3 Å². The minimum Gasteiger partial charge on any atom is -0.465 e. The van der Waals surface area contributed by atoms with E-state index in [1.54, 1.807) is 13.0 Å². The fraction of sp³-hybridized carbons (Fsp3) is 0.273. The molecule has 0 aliphatic heterocycles. The van der Waals surface area contributed by atoms with Crippen molar-refractivity contribution in [1.82, 2.24) is 4.98 Å². The summed E-state index contributed by atoms with van der Waals surface area (Å²) < 4.78 is 4.62. The zero-order valence-electron chi connectivity index (χ0n) is 8.93. The highest BCUT2D eigenvalue weighted by Gasteiger charge is 2.13. The molecule has 2 heterocycles. The molecule has 5 heteroatoms. The summed E-state index contributed by atoms with van der Waals surface area (Å²) >= 11 is 1.45. The van der Waals surface area contributed by atoms with E-state index in [1.807, 2.05) is 5.38 Å². The zero-order valence-corrected chi connectivity index (χ0v) is 9.75. The first-order valence-corrected chi connectivity index (χ1v) is 5.65. The lowest BCUT2D eigenvalue weighted by molar-refractivity contribution is 0.0600. The summed E-state index contributed by atoms with van der Waals surface area (Å²) in [5.74, 6) is -0.419. The van der Waals surface area contributed by atoms with E-state index in [0.717, 1.165) is 15.8 Å². The van der Waals surface area contributed by atoms with Crippen LogP contribution in [0, 0.1) is 0 Å². The molecule has 0 spiro atoms. The average molecular weight is 237 g/mol. The number of hydrogen-bond donors (Lipinski definition) is 1. The van der Waals surface area contributed by atoms with Gasteiger partial charge in [-0.1, -0.05) is 0 Å². The molecule has 2 aromatic rings. The van der Waals surface area contributed by atoms with Crippen LogP contribution in [-0.4, -0.2) is 23.2 Å². The molecule has 0 bridgehead atoms. The van der Waals surface area contributed by atoms with Crippen LogP contribution in [-0.2, 0) is 4.74 Å². The van der Waals surface area contributed by atoms with Gasteiger partial charge in [-0.25, -0.2) is 9.78 Å². The van der Waals surface area contributed by atoms with E-state index in [4.69, 9.17) is 0 Å². The Bertz CT molecular complexity index is 533. The summed E-state index contributed by atoms with van der Waals surface area (Å²) in [7, 11) is 1.33. The number of esters is 1. The van der Waals surface area contributed by atoms with Gasteiger partial charge in [0.15, 0.2) is 0 Å². The molecule has 1 atom stereocenters. The molecule has 0 saturated heterocycles. The molecule has 0 radical (unpaired) electrons.